The molecule has 2 heteroatoms. The van der Waals surface area contributed by atoms with Gasteiger partial charge in [0, 0.05) is 17.8 Å². The van der Waals surface area contributed by atoms with E-state index in [4.69, 9.17) is 0 Å². The Labute approximate surface area is 146 Å². The van der Waals surface area contributed by atoms with E-state index in [9.17, 15) is 4.79 Å². The van der Waals surface area contributed by atoms with Crippen LogP contribution in [0.15, 0.2) is 108 Å². The summed E-state index contributed by atoms with van der Waals surface area (Å²) in [5.41, 5.74) is 4.84. The number of nitrogens with zero attached hydrogens (tertiary/aromatic N) is 1. The van der Waals surface area contributed by atoms with Crippen molar-refractivity contribution in [2.24, 2.45) is 0 Å². The monoisotopic (exact) mass is 323 g/mol. The summed E-state index contributed by atoms with van der Waals surface area (Å²) < 4.78 is 2.14. The number of rotatable bonds is 3. The molecule has 0 amide bonds. The Morgan fingerprint density at radius 2 is 0.920 bits per heavy atom. The summed E-state index contributed by atoms with van der Waals surface area (Å²) in [5.74, 6) is 0. The molecule has 0 radical (unpaired) electrons. The number of hydrogen-bond donors (Lipinski definition) is 0. The van der Waals surface area contributed by atoms with Crippen LogP contribution in [-0.4, -0.2) is 4.57 Å². The molecule has 0 fully saturated rings. The lowest BCUT2D eigenvalue weighted by Gasteiger charge is -2.19. The van der Waals surface area contributed by atoms with E-state index in [1.807, 2.05) is 78.9 Å². The molecule has 25 heavy (non-hydrogen) atoms. The zero-order valence-corrected chi connectivity index (χ0v) is 13.7. The van der Waals surface area contributed by atoms with E-state index in [0.29, 0.717) is 0 Å². The van der Waals surface area contributed by atoms with Gasteiger partial charge in [-0.3, -0.25) is 4.79 Å². The van der Waals surface area contributed by atoms with Crippen LogP contribution in [0.5, 0.6) is 0 Å². The molecule has 0 atom stereocenters. The average molecular weight is 323 g/mol. The number of pyridine rings is 1. The maximum atomic E-state index is 12.4. The average Bonchev–Trinajstić information content (AvgIpc) is 2.69. The van der Waals surface area contributed by atoms with Crippen LogP contribution < -0.4 is 5.43 Å². The van der Waals surface area contributed by atoms with Gasteiger partial charge in [0.05, 0.1) is 11.4 Å². The van der Waals surface area contributed by atoms with Crippen molar-refractivity contribution in [2.75, 3.05) is 0 Å². The summed E-state index contributed by atoms with van der Waals surface area (Å²) in [6.45, 7) is 0. The first kappa shape index (κ1) is 15.2. The van der Waals surface area contributed by atoms with Gasteiger partial charge in [-0.1, -0.05) is 78.9 Å². The maximum Gasteiger partial charge on any atom is 0.182 e. The summed E-state index contributed by atoms with van der Waals surface area (Å²) in [7, 11) is 0. The molecule has 0 unspecified atom stereocenters. The molecule has 0 aliphatic carbocycles. The smallest absolute Gasteiger partial charge is 0.182 e. The minimum Gasteiger partial charge on any atom is -0.309 e. The Kier molecular flexibility index (Phi) is 4.01. The fourth-order valence-corrected chi connectivity index (χ4v) is 3.07. The largest absolute Gasteiger partial charge is 0.309 e. The van der Waals surface area contributed by atoms with Gasteiger partial charge in [-0.2, -0.15) is 0 Å². The van der Waals surface area contributed by atoms with Crippen LogP contribution in [0.1, 0.15) is 0 Å². The van der Waals surface area contributed by atoms with Crippen molar-refractivity contribution in [2.45, 2.75) is 0 Å². The minimum atomic E-state index is 0.00453. The molecule has 0 saturated heterocycles. The predicted octanol–water partition coefficient (Wildman–Crippen LogP) is 5.17. The zero-order valence-electron chi connectivity index (χ0n) is 13.7. The van der Waals surface area contributed by atoms with Gasteiger partial charge < -0.3 is 4.57 Å². The van der Waals surface area contributed by atoms with Crippen molar-refractivity contribution in [3.05, 3.63) is 113 Å². The van der Waals surface area contributed by atoms with E-state index in [2.05, 4.69) is 16.7 Å². The summed E-state index contributed by atoms with van der Waals surface area (Å²) >= 11 is 0. The molecular formula is C23H17NO. The van der Waals surface area contributed by atoms with E-state index >= 15 is 0 Å². The first-order chi connectivity index (χ1) is 12.3. The Hall–Kier alpha value is -3.39. The van der Waals surface area contributed by atoms with Gasteiger partial charge in [0.15, 0.2) is 5.43 Å². The molecule has 0 N–H and O–H groups in total. The molecule has 0 aliphatic heterocycles. The van der Waals surface area contributed by atoms with E-state index < -0.39 is 0 Å². The molecule has 2 nitrogen and oxygen atoms in total. The van der Waals surface area contributed by atoms with Crippen LogP contribution in [0.25, 0.3) is 28.2 Å². The summed E-state index contributed by atoms with van der Waals surface area (Å²) in [6.07, 6.45) is 0. The number of benzene rings is 3. The third kappa shape index (κ3) is 3.02. The molecule has 0 bridgehead atoms. The summed E-state index contributed by atoms with van der Waals surface area (Å²) in [4.78, 5) is 12.4. The first-order valence-electron chi connectivity index (χ1n) is 8.26. The number of aromatic nitrogens is 1. The Morgan fingerprint density at radius 1 is 0.520 bits per heavy atom. The van der Waals surface area contributed by atoms with Gasteiger partial charge in [0.1, 0.15) is 0 Å². The van der Waals surface area contributed by atoms with Crippen LogP contribution in [0.3, 0.4) is 0 Å². The number of para-hydroxylation sites is 1. The van der Waals surface area contributed by atoms with Crippen LogP contribution in [0.2, 0.25) is 0 Å². The van der Waals surface area contributed by atoms with Gasteiger partial charge >= 0.3 is 0 Å². The molecule has 3 aromatic carbocycles. The quantitative estimate of drug-likeness (QED) is 0.510. The predicted molar refractivity (Wildman–Crippen MR) is 103 cm³/mol. The van der Waals surface area contributed by atoms with E-state index in [0.717, 1.165) is 28.2 Å². The lowest BCUT2D eigenvalue weighted by molar-refractivity contribution is 1.06. The molecule has 4 rings (SSSR count). The molecular weight excluding hydrogens is 306 g/mol. The van der Waals surface area contributed by atoms with Gasteiger partial charge in [-0.25, -0.2) is 0 Å². The van der Waals surface area contributed by atoms with Crippen molar-refractivity contribution in [1.29, 1.82) is 0 Å². The summed E-state index contributed by atoms with van der Waals surface area (Å²) in [6, 6.07) is 33.6. The third-order valence-electron chi connectivity index (χ3n) is 4.19. The maximum absolute atomic E-state index is 12.4. The van der Waals surface area contributed by atoms with Crippen molar-refractivity contribution in [3.63, 3.8) is 0 Å². The van der Waals surface area contributed by atoms with E-state index in [-0.39, 0.29) is 5.43 Å². The highest BCUT2D eigenvalue weighted by Crippen LogP contribution is 2.28. The van der Waals surface area contributed by atoms with Gasteiger partial charge in [0.25, 0.3) is 0 Å². The normalized spacial score (nSPS) is 10.6. The lowest BCUT2D eigenvalue weighted by atomic mass is 10.1. The van der Waals surface area contributed by atoms with Crippen molar-refractivity contribution in [1.82, 2.24) is 4.57 Å². The lowest BCUT2D eigenvalue weighted by Crippen LogP contribution is -2.11. The fraction of sp³-hybridized carbons (Fsp3) is 0. The first-order valence-corrected chi connectivity index (χ1v) is 8.26. The van der Waals surface area contributed by atoms with E-state index in [1.54, 1.807) is 12.1 Å². The van der Waals surface area contributed by atoms with Crippen molar-refractivity contribution >= 4 is 0 Å². The van der Waals surface area contributed by atoms with Crippen LogP contribution >= 0.6 is 0 Å². The summed E-state index contributed by atoms with van der Waals surface area (Å²) in [5, 5.41) is 0. The topological polar surface area (TPSA) is 22.0 Å². The third-order valence-corrected chi connectivity index (χ3v) is 4.19. The standard InChI is InChI=1S/C23H17NO/c25-21-16-22(18-10-4-1-5-11-18)24(20-14-8-3-9-15-20)23(17-21)19-12-6-2-7-13-19/h1-17H. The highest BCUT2D eigenvalue weighted by molar-refractivity contribution is 5.71. The second-order valence-electron chi connectivity index (χ2n) is 5.86. The second kappa shape index (κ2) is 6.62. The molecule has 4 aromatic rings. The van der Waals surface area contributed by atoms with Crippen LogP contribution in [0.4, 0.5) is 0 Å². The Balaban J connectivity index is 2.09. The Bertz CT molecular complexity index is 972. The van der Waals surface area contributed by atoms with Gasteiger partial charge in [-0.05, 0) is 23.3 Å². The highest BCUT2D eigenvalue weighted by Gasteiger charge is 2.13. The van der Waals surface area contributed by atoms with Gasteiger partial charge in [0.2, 0.25) is 0 Å². The molecule has 0 aliphatic rings. The van der Waals surface area contributed by atoms with Crippen molar-refractivity contribution in [3.8, 4) is 28.2 Å². The van der Waals surface area contributed by atoms with E-state index in [1.165, 1.54) is 0 Å². The number of hydrogen-bond acceptors (Lipinski definition) is 1. The van der Waals surface area contributed by atoms with Crippen LogP contribution in [-0.2, 0) is 0 Å². The SMILES string of the molecule is O=c1cc(-c2ccccc2)n(-c2ccccc2)c(-c2ccccc2)c1. The molecule has 0 saturated carbocycles. The minimum absolute atomic E-state index is 0.00453. The highest BCUT2D eigenvalue weighted by atomic mass is 16.1. The van der Waals surface area contributed by atoms with Crippen LogP contribution in [0, 0.1) is 0 Å². The van der Waals surface area contributed by atoms with Crippen molar-refractivity contribution < 1.29 is 0 Å². The fourth-order valence-electron chi connectivity index (χ4n) is 3.07. The molecule has 0 spiro atoms. The second-order valence-corrected chi connectivity index (χ2v) is 5.86. The van der Waals surface area contributed by atoms with Gasteiger partial charge in [-0.15, -0.1) is 0 Å². The zero-order chi connectivity index (χ0) is 17.1. The Morgan fingerprint density at radius 3 is 1.36 bits per heavy atom. The molecule has 1 aromatic heterocycles. The molecule has 1 heterocycles. The molecule has 120 valence electrons.